The molecule has 140 valence electrons. The number of carbonyl (C=O) groups excluding carboxylic acids is 1. The van der Waals surface area contributed by atoms with Gasteiger partial charge in [0.2, 0.25) is 5.91 Å². The molecule has 0 unspecified atom stereocenters. The maximum absolute atomic E-state index is 12.6. The van der Waals surface area contributed by atoms with Gasteiger partial charge in [0, 0.05) is 45.7 Å². The number of piperazine rings is 1. The Kier molecular flexibility index (Phi) is 4.52. The molecule has 3 heterocycles. The van der Waals surface area contributed by atoms with E-state index in [9.17, 15) is 4.79 Å². The first kappa shape index (κ1) is 17.2. The number of hydrogen-bond donors (Lipinski definition) is 1. The topological polar surface area (TPSA) is 93.2 Å². The highest BCUT2D eigenvalue weighted by atomic mass is 16.2. The van der Waals surface area contributed by atoms with Gasteiger partial charge in [0.05, 0.1) is 11.6 Å². The Morgan fingerprint density at radius 2 is 2.00 bits per heavy atom. The van der Waals surface area contributed by atoms with Gasteiger partial charge >= 0.3 is 0 Å². The SMILES string of the molecule is Cc1nc(N2CCN(C(=O)C[C@@H]3CCC[C@H]3N)CC2)c2cnn(C)c2n1. The minimum atomic E-state index is 0.197. The molecule has 2 aliphatic rings. The second-order valence-electron chi connectivity index (χ2n) is 7.53. The van der Waals surface area contributed by atoms with E-state index >= 15 is 0 Å². The molecule has 0 radical (unpaired) electrons. The summed E-state index contributed by atoms with van der Waals surface area (Å²) in [5.41, 5.74) is 6.97. The number of fused-ring (bicyclic) bond motifs is 1. The van der Waals surface area contributed by atoms with Gasteiger partial charge in [0.1, 0.15) is 11.6 Å². The minimum Gasteiger partial charge on any atom is -0.352 e. The number of nitrogens with two attached hydrogens (primary N) is 1. The Labute approximate surface area is 153 Å². The van der Waals surface area contributed by atoms with E-state index in [0.29, 0.717) is 12.3 Å². The second kappa shape index (κ2) is 6.83. The van der Waals surface area contributed by atoms with Crippen molar-refractivity contribution in [2.45, 2.75) is 38.6 Å². The van der Waals surface area contributed by atoms with Gasteiger partial charge in [-0.15, -0.1) is 0 Å². The number of rotatable bonds is 3. The number of carbonyl (C=O) groups is 1. The summed E-state index contributed by atoms with van der Waals surface area (Å²) >= 11 is 0. The van der Waals surface area contributed by atoms with Crippen molar-refractivity contribution in [3.63, 3.8) is 0 Å². The van der Waals surface area contributed by atoms with Crippen LogP contribution in [0.4, 0.5) is 5.82 Å². The molecule has 2 aromatic rings. The van der Waals surface area contributed by atoms with E-state index in [0.717, 1.165) is 68.1 Å². The molecule has 26 heavy (non-hydrogen) atoms. The molecule has 0 spiro atoms. The van der Waals surface area contributed by atoms with Crippen molar-refractivity contribution in [2.24, 2.45) is 18.7 Å². The van der Waals surface area contributed by atoms with E-state index in [4.69, 9.17) is 5.73 Å². The van der Waals surface area contributed by atoms with Crippen LogP contribution in [0.5, 0.6) is 0 Å². The summed E-state index contributed by atoms with van der Waals surface area (Å²) in [5, 5.41) is 5.28. The number of aryl methyl sites for hydroxylation is 2. The van der Waals surface area contributed by atoms with Crippen molar-refractivity contribution in [2.75, 3.05) is 31.1 Å². The number of nitrogens with zero attached hydrogens (tertiary/aromatic N) is 6. The van der Waals surface area contributed by atoms with Crippen molar-refractivity contribution < 1.29 is 4.79 Å². The van der Waals surface area contributed by atoms with Gasteiger partial charge in [-0.25, -0.2) is 9.97 Å². The number of aromatic nitrogens is 4. The van der Waals surface area contributed by atoms with Crippen LogP contribution in [-0.4, -0.2) is 62.8 Å². The lowest BCUT2D eigenvalue weighted by Crippen LogP contribution is -2.49. The normalized spacial score (nSPS) is 23.8. The van der Waals surface area contributed by atoms with Crippen LogP contribution in [-0.2, 0) is 11.8 Å². The zero-order valence-electron chi connectivity index (χ0n) is 15.6. The second-order valence-corrected chi connectivity index (χ2v) is 7.53. The fourth-order valence-corrected chi connectivity index (χ4v) is 4.19. The molecule has 2 aromatic heterocycles. The summed E-state index contributed by atoms with van der Waals surface area (Å²) in [5.74, 6) is 2.27. The first-order chi connectivity index (χ1) is 12.5. The monoisotopic (exact) mass is 357 g/mol. The highest BCUT2D eigenvalue weighted by Gasteiger charge is 2.30. The molecule has 1 aliphatic carbocycles. The molecule has 1 saturated carbocycles. The number of hydrogen-bond acceptors (Lipinski definition) is 6. The van der Waals surface area contributed by atoms with E-state index in [1.807, 2.05) is 25.1 Å². The Bertz CT molecular complexity index is 809. The van der Waals surface area contributed by atoms with E-state index in [1.165, 1.54) is 0 Å². The zero-order chi connectivity index (χ0) is 18.3. The van der Waals surface area contributed by atoms with Gasteiger partial charge in [-0.1, -0.05) is 6.42 Å². The van der Waals surface area contributed by atoms with Crippen molar-refractivity contribution in [1.82, 2.24) is 24.6 Å². The summed E-state index contributed by atoms with van der Waals surface area (Å²) in [6.45, 7) is 4.92. The predicted molar refractivity (Wildman–Crippen MR) is 99.8 cm³/mol. The molecular weight excluding hydrogens is 330 g/mol. The fourth-order valence-electron chi connectivity index (χ4n) is 4.19. The molecule has 8 heteroatoms. The highest BCUT2D eigenvalue weighted by Crippen LogP contribution is 2.28. The number of anilines is 1. The lowest BCUT2D eigenvalue weighted by molar-refractivity contribution is -0.132. The van der Waals surface area contributed by atoms with Crippen molar-refractivity contribution in [1.29, 1.82) is 0 Å². The summed E-state index contributed by atoms with van der Waals surface area (Å²) < 4.78 is 1.78. The molecule has 2 fully saturated rings. The van der Waals surface area contributed by atoms with Gasteiger partial charge in [0.15, 0.2) is 5.65 Å². The van der Waals surface area contributed by atoms with Crippen LogP contribution in [0.25, 0.3) is 11.0 Å². The minimum absolute atomic E-state index is 0.197. The van der Waals surface area contributed by atoms with Crippen molar-refractivity contribution >= 4 is 22.8 Å². The van der Waals surface area contributed by atoms with Gasteiger partial charge < -0.3 is 15.5 Å². The maximum Gasteiger partial charge on any atom is 0.223 e. The maximum atomic E-state index is 12.6. The molecule has 1 amide bonds. The quantitative estimate of drug-likeness (QED) is 0.875. The van der Waals surface area contributed by atoms with Gasteiger partial charge in [-0.3, -0.25) is 9.48 Å². The van der Waals surface area contributed by atoms with Crippen LogP contribution in [0.3, 0.4) is 0 Å². The van der Waals surface area contributed by atoms with Gasteiger partial charge in [-0.05, 0) is 25.7 Å². The molecule has 4 rings (SSSR count). The summed E-state index contributed by atoms with van der Waals surface area (Å²) in [4.78, 5) is 26.0. The highest BCUT2D eigenvalue weighted by molar-refractivity contribution is 5.87. The molecule has 0 aromatic carbocycles. The van der Waals surface area contributed by atoms with Crippen LogP contribution in [0.15, 0.2) is 6.20 Å². The lowest BCUT2D eigenvalue weighted by atomic mass is 9.99. The van der Waals surface area contributed by atoms with Crippen LogP contribution in [0.1, 0.15) is 31.5 Å². The predicted octanol–water partition coefficient (Wildman–Crippen LogP) is 0.838. The largest absolute Gasteiger partial charge is 0.352 e. The van der Waals surface area contributed by atoms with E-state index in [-0.39, 0.29) is 11.9 Å². The molecule has 2 N–H and O–H groups in total. The van der Waals surface area contributed by atoms with Crippen LogP contribution < -0.4 is 10.6 Å². The molecule has 8 nitrogen and oxygen atoms in total. The molecule has 1 aliphatic heterocycles. The number of amides is 1. The molecule has 0 bridgehead atoms. The Balaban J connectivity index is 1.43. The van der Waals surface area contributed by atoms with Crippen LogP contribution >= 0.6 is 0 Å². The fraction of sp³-hybridized carbons (Fsp3) is 0.667. The van der Waals surface area contributed by atoms with E-state index < -0.39 is 0 Å². The smallest absolute Gasteiger partial charge is 0.223 e. The van der Waals surface area contributed by atoms with Crippen LogP contribution in [0.2, 0.25) is 0 Å². The van der Waals surface area contributed by atoms with E-state index in [2.05, 4.69) is 20.0 Å². The molecular formula is C18H27N7O. The summed E-state index contributed by atoms with van der Waals surface area (Å²) in [6.07, 6.45) is 5.72. The third-order valence-corrected chi connectivity index (χ3v) is 5.77. The summed E-state index contributed by atoms with van der Waals surface area (Å²) in [7, 11) is 1.89. The average molecular weight is 357 g/mol. The summed E-state index contributed by atoms with van der Waals surface area (Å²) in [6, 6.07) is 0.197. The van der Waals surface area contributed by atoms with Gasteiger partial charge in [0.25, 0.3) is 0 Å². The Morgan fingerprint density at radius 3 is 2.69 bits per heavy atom. The standard InChI is InChI=1S/C18H27N7O/c1-12-21-17-14(11-20-23(17)2)18(22-12)25-8-6-24(7-9-25)16(26)10-13-4-3-5-15(13)19/h11,13,15H,3-10,19H2,1-2H3/t13-,15+/m0/s1. The van der Waals surface area contributed by atoms with Crippen molar-refractivity contribution in [3.05, 3.63) is 12.0 Å². The van der Waals surface area contributed by atoms with Crippen LogP contribution in [0, 0.1) is 12.8 Å². The third-order valence-electron chi connectivity index (χ3n) is 5.77. The average Bonchev–Trinajstić information content (AvgIpc) is 3.21. The zero-order valence-corrected chi connectivity index (χ0v) is 15.6. The molecule has 2 atom stereocenters. The third kappa shape index (κ3) is 3.13. The lowest BCUT2D eigenvalue weighted by Gasteiger charge is -2.36. The first-order valence-corrected chi connectivity index (χ1v) is 9.47. The van der Waals surface area contributed by atoms with Crippen molar-refractivity contribution in [3.8, 4) is 0 Å². The Morgan fingerprint density at radius 1 is 1.23 bits per heavy atom. The first-order valence-electron chi connectivity index (χ1n) is 9.47. The molecule has 1 saturated heterocycles. The van der Waals surface area contributed by atoms with E-state index in [1.54, 1.807) is 4.68 Å². The Hall–Kier alpha value is -2.22. The van der Waals surface area contributed by atoms with Gasteiger partial charge in [-0.2, -0.15) is 5.10 Å².